The molecule has 156 valence electrons. The number of nitrogen functional groups attached to an aromatic ring is 1. The maximum atomic E-state index is 13.1. The summed E-state index contributed by atoms with van der Waals surface area (Å²) in [4.78, 5) is 28.4. The van der Waals surface area contributed by atoms with Gasteiger partial charge in [0.05, 0.1) is 12.3 Å². The van der Waals surface area contributed by atoms with Gasteiger partial charge in [-0.2, -0.15) is 4.98 Å². The van der Waals surface area contributed by atoms with Crippen LogP contribution in [-0.2, 0) is 6.42 Å². The second-order valence-corrected chi connectivity index (χ2v) is 7.51. The maximum absolute atomic E-state index is 13.1. The van der Waals surface area contributed by atoms with Crippen LogP contribution >= 0.6 is 0 Å². The van der Waals surface area contributed by atoms with Crippen molar-refractivity contribution in [3.63, 3.8) is 0 Å². The number of fused-ring (bicyclic) bond motifs is 1. The molecular weight excluding hydrogens is 380 g/mol. The molecule has 30 heavy (non-hydrogen) atoms. The second-order valence-electron chi connectivity index (χ2n) is 7.51. The fourth-order valence-electron chi connectivity index (χ4n) is 3.85. The van der Waals surface area contributed by atoms with Gasteiger partial charge in [-0.25, -0.2) is 4.98 Å². The van der Waals surface area contributed by atoms with Crippen LogP contribution in [0, 0.1) is 0 Å². The summed E-state index contributed by atoms with van der Waals surface area (Å²) >= 11 is 0. The highest BCUT2D eigenvalue weighted by Crippen LogP contribution is 2.26. The van der Waals surface area contributed by atoms with Crippen molar-refractivity contribution in [1.82, 2.24) is 15.0 Å². The number of ketones is 1. The number of nitrogens with zero attached hydrogens (tertiary/aromatic N) is 4. The van der Waals surface area contributed by atoms with E-state index in [0.29, 0.717) is 23.8 Å². The number of rotatable bonds is 6. The molecule has 4 rings (SSSR count). The van der Waals surface area contributed by atoms with E-state index in [2.05, 4.69) is 19.9 Å². The lowest BCUT2D eigenvalue weighted by atomic mass is 10.0. The van der Waals surface area contributed by atoms with E-state index in [1.807, 2.05) is 19.1 Å². The summed E-state index contributed by atoms with van der Waals surface area (Å²) < 4.78 is 5.44. The molecule has 0 aromatic carbocycles. The van der Waals surface area contributed by atoms with Gasteiger partial charge in [-0.1, -0.05) is 0 Å². The minimum absolute atomic E-state index is 0.138. The van der Waals surface area contributed by atoms with Gasteiger partial charge in [-0.3, -0.25) is 9.78 Å². The van der Waals surface area contributed by atoms with Crippen LogP contribution in [0.2, 0.25) is 0 Å². The Kier molecular flexibility index (Phi) is 5.76. The summed E-state index contributed by atoms with van der Waals surface area (Å²) in [5.74, 6) is 0.297. The Morgan fingerprint density at radius 2 is 2.17 bits per heavy atom. The van der Waals surface area contributed by atoms with Crippen LogP contribution in [0.25, 0.3) is 11.0 Å². The Hall–Kier alpha value is -3.26. The molecule has 8 heteroatoms. The SMILES string of the molecule is CCOc1ccc2cc(N)c(C(=O)Cc3cnccc3N3CCC[C@H](N)C3)nc2n1. The third-order valence-electron chi connectivity index (χ3n) is 5.27. The van der Waals surface area contributed by atoms with Crippen LogP contribution in [0.4, 0.5) is 11.4 Å². The minimum Gasteiger partial charge on any atom is -0.478 e. The third kappa shape index (κ3) is 4.18. The van der Waals surface area contributed by atoms with E-state index in [4.69, 9.17) is 16.2 Å². The van der Waals surface area contributed by atoms with E-state index >= 15 is 0 Å². The van der Waals surface area contributed by atoms with Crippen molar-refractivity contribution in [2.75, 3.05) is 30.3 Å². The van der Waals surface area contributed by atoms with Gasteiger partial charge in [0.25, 0.3) is 0 Å². The molecule has 1 aliphatic heterocycles. The molecule has 1 aliphatic rings. The molecule has 0 spiro atoms. The minimum atomic E-state index is -0.173. The van der Waals surface area contributed by atoms with Gasteiger partial charge < -0.3 is 21.1 Å². The summed E-state index contributed by atoms with van der Waals surface area (Å²) in [6, 6.07) is 7.41. The molecule has 0 unspecified atom stereocenters. The monoisotopic (exact) mass is 406 g/mol. The molecule has 0 aliphatic carbocycles. The fourth-order valence-corrected chi connectivity index (χ4v) is 3.85. The van der Waals surface area contributed by atoms with E-state index in [-0.39, 0.29) is 23.9 Å². The van der Waals surface area contributed by atoms with Crippen LogP contribution in [0.3, 0.4) is 0 Å². The van der Waals surface area contributed by atoms with Crippen molar-refractivity contribution in [2.45, 2.75) is 32.2 Å². The Balaban J connectivity index is 1.62. The zero-order chi connectivity index (χ0) is 21.1. The van der Waals surface area contributed by atoms with Gasteiger partial charge in [-0.05, 0) is 38.0 Å². The number of hydrogen-bond acceptors (Lipinski definition) is 8. The summed E-state index contributed by atoms with van der Waals surface area (Å²) in [6.45, 7) is 4.08. The number of hydrogen-bond donors (Lipinski definition) is 2. The van der Waals surface area contributed by atoms with E-state index in [0.717, 1.165) is 42.6 Å². The predicted octanol–water partition coefficient (Wildman–Crippen LogP) is 2.36. The van der Waals surface area contributed by atoms with Crippen LogP contribution in [0.5, 0.6) is 5.88 Å². The molecule has 3 aromatic heterocycles. The van der Waals surface area contributed by atoms with Crippen molar-refractivity contribution in [1.29, 1.82) is 0 Å². The quantitative estimate of drug-likeness (QED) is 0.599. The first kappa shape index (κ1) is 20.0. The number of aromatic nitrogens is 3. The van der Waals surface area contributed by atoms with E-state index in [1.165, 1.54) is 0 Å². The van der Waals surface area contributed by atoms with Gasteiger partial charge in [0.2, 0.25) is 5.88 Å². The van der Waals surface area contributed by atoms with Crippen LogP contribution in [0.15, 0.2) is 36.7 Å². The Labute approximate surface area is 175 Å². The van der Waals surface area contributed by atoms with Crippen molar-refractivity contribution in [3.05, 3.63) is 47.9 Å². The van der Waals surface area contributed by atoms with E-state index < -0.39 is 0 Å². The van der Waals surface area contributed by atoms with Gasteiger partial charge in [0.15, 0.2) is 11.4 Å². The molecule has 0 amide bonds. The molecule has 1 atom stereocenters. The van der Waals surface area contributed by atoms with Gasteiger partial charge >= 0.3 is 0 Å². The summed E-state index contributed by atoms with van der Waals surface area (Å²) in [5.41, 5.74) is 15.1. The summed E-state index contributed by atoms with van der Waals surface area (Å²) in [5, 5.41) is 0.761. The van der Waals surface area contributed by atoms with Crippen molar-refractivity contribution in [3.8, 4) is 5.88 Å². The predicted molar refractivity (Wildman–Crippen MR) is 117 cm³/mol. The van der Waals surface area contributed by atoms with E-state index in [9.17, 15) is 4.79 Å². The molecular formula is C22H26N6O2. The van der Waals surface area contributed by atoms with Gasteiger partial charge in [0, 0.05) is 60.6 Å². The number of anilines is 2. The number of carbonyl (C=O) groups is 1. The van der Waals surface area contributed by atoms with Crippen LogP contribution < -0.4 is 21.1 Å². The number of carbonyl (C=O) groups excluding carboxylic acids is 1. The first-order chi connectivity index (χ1) is 14.5. The number of Topliss-reactive ketones (excluding diaryl/α,β-unsaturated/α-hetero) is 1. The molecule has 0 saturated carbocycles. The first-order valence-corrected chi connectivity index (χ1v) is 10.2. The highest BCUT2D eigenvalue weighted by Gasteiger charge is 2.22. The molecule has 8 nitrogen and oxygen atoms in total. The highest BCUT2D eigenvalue weighted by atomic mass is 16.5. The van der Waals surface area contributed by atoms with Crippen molar-refractivity contribution < 1.29 is 9.53 Å². The maximum Gasteiger partial charge on any atom is 0.215 e. The summed E-state index contributed by atoms with van der Waals surface area (Å²) in [6.07, 6.45) is 5.68. The fraction of sp³-hybridized carbons (Fsp3) is 0.364. The van der Waals surface area contributed by atoms with Gasteiger partial charge in [-0.15, -0.1) is 0 Å². The smallest absolute Gasteiger partial charge is 0.215 e. The lowest BCUT2D eigenvalue weighted by Crippen LogP contribution is -2.43. The van der Waals surface area contributed by atoms with Crippen LogP contribution in [0.1, 0.15) is 35.8 Å². The Morgan fingerprint density at radius 1 is 1.30 bits per heavy atom. The van der Waals surface area contributed by atoms with Crippen LogP contribution in [-0.4, -0.2) is 46.5 Å². The van der Waals surface area contributed by atoms with E-state index in [1.54, 1.807) is 24.5 Å². The largest absolute Gasteiger partial charge is 0.478 e. The molecule has 4 heterocycles. The molecule has 3 aromatic rings. The third-order valence-corrected chi connectivity index (χ3v) is 5.27. The highest BCUT2D eigenvalue weighted by molar-refractivity contribution is 6.02. The average Bonchev–Trinajstić information content (AvgIpc) is 2.74. The Morgan fingerprint density at radius 3 is 2.97 bits per heavy atom. The summed E-state index contributed by atoms with van der Waals surface area (Å²) in [7, 11) is 0. The zero-order valence-electron chi connectivity index (χ0n) is 17.0. The molecule has 4 N–H and O–H groups in total. The average molecular weight is 406 g/mol. The molecule has 0 radical (unpaired) electrons. The second kappa shape index (κ2) is 8.62. The number of pyridine rings is 3. The standard InChI is InChI=1S/C22H26N6O2/c1-2-30-20-6-5-14-10-17(24)21(27-22(14)26-20)19(29)11-15-12-25-8-7-18(15)28-9-3-4-16(23)13-28/h5-8,10,12,16H,2-4,9,11,13,23-24H2,1H3/t16-/m0/s1. The first-order valence-electron chi connectivity index (χ1n) is 10.2. The lowest BCUT2D eigenvalue weighted by molar-refractivity contribution is 0.0989. The lowest BCUT2D eigenvalue weighted by Gasteiger charge is -2.33. The van der Waals surface area contributed by atoms with Gasteiger partial charge in [0.1, 0.15) is 5.69 Å². The van der Waals surface area contributed by atoms with Crippen molar-refractivity contribution >= 4 is 28.2 Å². The zero-order valence-corrected chi connectivity index (χ0v) is 17.0. The number of piperidine rings is 1. The molecule has 1 fully saturated rings. The van der Waals surface area contributed by atoms with Crippen molar-refractivity contribution in [2.24, 2.45) is 5.73 Å². The topological polar surface area (TPSA) is 120 Å². The normalized spacial score (nSPS) is 16.6. The Bertz CT molecular complexity index is 1070. The number of ether oxygens (including phenoxy) is 1. The molecule has 0 bridgehead atoms. The molecule has 1 saturated heterocycles. The number of nitrogens with two attached hydrogens (primary N) is 2.